The average Bonchev–Trinajstić information content (AvgIpc) is 3.60. The van der Waals surface area contributed by atoms with Gasteiger partial charge in [-0.25, -0.2) is 9.97 Å². The Kier molecular flexibility index (Phi) is 6.81. The number of nitrogens with zero attached hydrogens (tertiary/aromatic N) is 3. The first-order chi connectivity index (χ1) is 25.3. The first-order valence-corrected chi connectivity index (χ1v) is 17.3. The number of imidazole rings is 1. The second-order valence-corrected chi connectivity index (χ2v) is 13.0. The van der Waals surface area contributed by atoms with Crippen molar-refractivity contribution in [1.82, 2.24) is 14.5 Å². The van der Waals surface area contributed by atoms with Crippen molar-refractivity contribution in [2.75, 3.05) is 0 Å². The molecular formula is C48H31N3. The number of benzene rings is 8. The molecule has 238 valence electrons. The Bertz CT molecular complexity index is 2860. The van der Waals surface area contributed by atoms with E-state index in [-0.39, 0.29) is 0 Å². The highest BCUT2D eigenvalue weighted by Gasteiger charge is 2.21. The highest BCUT2D eigenvalue weighted by atomic mass is 15.1. The monoisotopic (exact) mass is 649 g/mol. The number of hydrogen-bond acceptors (Lipinski definition) is 2. The molecule has 2 aromatic heterocycles. The van der Waals surface area contributed by atoms with E-state index in [1.165, 1.54) is 43.4 Å². The molecule has 0 N–H and O–H groups in total. The van der Waals surface area contributed by atoms with Gasteiger partial charge in [0, 0.05) is 11.1 Å². The van der Waals surface area contributed by atoms with Crippen LogP contribution >= 0.6 is 0 Å². The van der Waals surface area contributed by atoms with Crippen LogP contribution in [0.2, 0.25) is 0 Å². The standard InChI is InChI=1S/C48H31N3/c1-2-16-33(17-3-1)36-19-6-11-24-41(36)48-50-42-25-12-13-27-44(42)51(48)45-28-14-26-43(49-45)47-39-22-9-7-20-37(39)46(38-21-8-10-23-40(38)47)35-30-29-32-15-4-5-18-34(32)31-35/h1-31H. The summed E-state index contributed by atoms with van der Waals surface area (Å²) in [5.74, 6) is 1.69. The molecule has 0 aliphatic heterocycles. The van der Waals surface area contributed by atoms with Crippen LogP contribution in [0, 0.1) is 0 Å². The Morgan fingerprint density at radius 2 is 0.980 bits per heavy atom. The normalized spacial score (nSPS) is 11.5. The first kappa shape index (κ1) is 29.1. The first-order valence-electron chi connectivity index (χ1n) is 17.3. The fraction of sp³-hybridized carbons (Fsp3) is 0. The minimum absolute atomic E-state index is 0.825. The maximum absolute atomic E-state index is 5.49. The molecule has 0 saturated carbocycles. The van der Waals surface area contributed by atoms with Gasteiger partial charge in [-0.05, 0) is 84.9 Å². The summed E-state index contributed by atoms with van der Waals surface area (Å²) in [5.41, 5.74) is 9.79. The van der Waals surface area contributed by atoms with Gasteiger partial charge in [-0.3, -0.25) is 4.57 Å². The number of pyridine rings is 1. The van der Waals surface area contributed by atoms with E-state index >= 15 is 0 Å². The highest BCUT2D eigenvalue weighted by molar-refractivity contribution is 6.21. The van der Waals surface area contributed by atoms with Gasteiger partial charge in [0.25, 0.3) is 0 Å². The van der Waals surface area contributed by atoms with Gasteiger partial charge >= 0.3 is 0 Å². The van der Waals surface area contributed by atoms with Crippen molar-refractivity contribution in [3.63, 3.8) is 0 Å². The van der Waals surface area contributed by atoms with Crippen molar-refractivity contribution < 1.29 is 0 Å². The van der Waals surface area contributed by atoms with E-state index in [9.17, 15) is 0 Å². The molecule has 3 nitrogen and oxygen atoms in total. The van der Waals surface area contributed by atoms with E-state index in [4.69, 9.17) is 9.97 Å². The van der Waals surface area contributed by atoms with Gasteiger partial charge in [-0.2, -0.15) is 0 Å². The van der Waals surface area contributed by atoms with Crippen LogP contribution in [-0.2, 0) is 0 Å². The lowest BCUT2D eigenvalue weighted by Crippen LogP contribution is -2.02. The zero-order chi connectivity index (χ0) is 33.7. The van der Waals surface area contributed by atoms with Crippen molar-refractivity contribution in [2.24, 2.45) is 0 Å². The van der Waals surface area contributed by atoms with E-state index < -0.39 is 0 Å². The van der Waals surface area contributed by atoms with Gasteiger partial charge in [0.2, 0.25) is 0 Å². The molecule has 0 atom stereocenters. The molecule has 2 heterocycles. The fourth-order valence-corrected chi connectivity index (χ4v) is 7.73. The zero-order valence-electron chi connectivity index (χ0n) is 27.7. The van der Waals surface area contributed by atoms with E-state index in [1.54, 1.807) is 0 Å². The third kappa shape index (κ3) is 4.82. The molecule has 0 spiro atoms. The lowest BCUT2D eigenvalue weighted by molar-refractivity contribution is 1.04. The van der Waals surface area contributed by atoms with Crippen LogP contribution in [0.5, 0.6) is 0 Å². The summed E-state index contributed by atoms with van der Waals surface area (Å²) in [6.07, 6.45) is 0. The molecule has 10 aromatic rings. The van der Waals surface area contributed by atoms with Gasteiger partial charge in [0.15, 0.2) is 0 Å². The smallest absolute Gasteiger partial charge is 0.147 e. The van der Waals surface area contributed by atoms with Crippen LogP contribution in [0.15, 0.2) is 188 Å². The Balaban J connectivity index is 1.22. The second kappa shape index (κ2) is 11.9. The molecule has 0 bridgehead atoms. The predicted molar refractivity (Wildman–Crippen MR) is 213 cm³/mol. The van der Waals surface area contributed by atoms with Crippen LogP contribution in [0.1, 0.15) is 0 Å². The van der Waals surface area contributed by atoms with Gasteiger partial charge in [-0.15, -0.1) is 0 Å². The average molecular weight is 650 g/mol. The van der Waals surface area contributed by atoms with Crippen LogP contribution in [-0.4, -0.2) is 14.5 Å². The van der Waals surface area contributed by atoms with Gasteiger partial charge in [0.05, 0.1) is 16.7 Å². The van der Waals surface area contributed by atoms with Gasteiger partial charge < -0.3 is 0 Å². The molecule has 0 amide bonds. The maximum atomic E-state index is 5.49. The minimum Gasteiger partial charge on any atom is -0.276 e. The fourth-order valence-electron chi connectivity index (χ4n) is 7.73. The van der Waals surface area contributed by atoms with Crippen molar-refractivity contribution in [3.05, 3.63) is 188 Å². The van der Waals surface area contributed by atoms with Gasteiger partial charge in [-0.1, -0.05) is 158 Å². The summed E-state index contributed by atoms with van der Waals surface area (Å²) in [5, 5.41) is 7.24. The van der Waals surface area contributed by atoms with Crippen molar-refractivity contribution in [1.29, 1.82) is 0 Å². The van der Waals surface area contributed by atoms with E-state index in [0.29, 0.717) is 0 Å². The molecular weight excluding hydrogens is 619 g/mol. The van der Waals surface area contributed by atoms with Crippen molar-refractivity contribution in [3.8, 4) is 50.7 Å². The quantitative estimate of drug-likeness (QED) is 0.174. The predicted octanol–water partition coefficient (Wildman–Crippen LogP) is 12.5. The minimum atomic E-state index is 0.825. The van der Waals surface area contributed by atoms with E-state index in [2.05, 4.69) is 187 Å². The summed E-state index contributed by atoms with van der Waals surface area (Å²) in [4.78, 5) is 10.7. The summed E-state index contributed by atoms with van der Waals surface area (Å²) in [6, 6.07) is 66.7. The largest absolute Gasteiger partial charge is 0.276 e. The number of aromatic nitrogens is 3. The van der Waals surface area contributed by atoms with Crippen LogP contribution in [0.3, 0.4) is 0 Å². The highest BCUT2D eigenvalue weighted by Crippen LogP contribution is 2.44. The molecule has 0 saturated heterocycles. The third-order valence-electron chi connectivity index (χ3n) is 10.0. The summed E-state index contributed by atoms with van der Waals surface area (Å²) in [6.45, 7) is 0. The SMILES string of the molecule is c1ccc(-c2ccccc2-c2nc3ccccc3n2-c2cccc(-c3c4ccccc4c(-c4ccc5ccccc5c4)c4ccccc34)n2)cc1. The van der Waals surface area contributed by atoms with Crippen molar-refractivity contribution >= 4 is 43.4 Å². The van der Waals surface area contributed by atoms with E-state index in [1.807, 2.05) is 6.07 Å². The van der Waals surface area contributed by atoms with Crippen LogP contribution in [0.25, 0.3) is 94.1 Å². The number of rotatable bonds is 5. The second-order valence-electron chi connectivity index (χ2n) is 13.0. The maximum Gasteiger partial charge on any atom is 0.147 e. The number of fused-ring (bicyclic) bond motifs is 4. The third-order valence-corrected chi connectivity index (χ3v) is 10.0. The van der Waals surface area contributed by atoms with Crippen molar-refractivity contribution in [2.45, 2.75) is 0 Å². The Morgan fingerprint density at radius 1 is 0.373 bits per heavy atom. The lowest BCUT2D eigenvalue weighted by atomic mass is 9.87. The molecule has 8 aromatic carbocycles. The lowest BCUT2D eigenvalue weighted by Gasteiger charge is -2.18. The Morgan fingerprint density at radius 3 is 1.75 bits per heavy atom. The molecule has 3 heteroatoms. The zero-order valence-corrected chi connectivity index (χ0v) is 27.7. The summed E-state index contributed by atoms with van der Waals surface area (Å²) >= 11 is 0. The molecule has 0 fully saturated rings. The van der Waals surface area contributed by atoms with Gasteiger partial charge in [0.1, 0.15) is 11.6 Å². The molecule has 10 rings (SSSR count). The molecule has 0 radical (unpaired) electrons. The number of hydrogen-bond donors (Lipinski definition) is 0. The molecule has 0 aliphatic rings. The number of para-hydroxylation sites is 2. The Labute approximate surface area is 295 Å². The molecule has 51 heavy (non-hydrogen) atoms. The van der Waals surface area contributed by atoms with Crippen LogP contribution in [0.4, 0.5) is 0 Å². The summed E-state index contributed by atoms with van der Waals surface area (Å²) < 4.78 is 2.22. The Hall–Kier alpha value is -6.84. The summed E-state index contributed by atoms with van der Waals surface area (Å²) in [7, 11) is 0. The van der Waals surface area contributed by atoms with Crippen LogP contribution < -0.4 is 0 Å². The van der Waals surface area contributed by atoms with E-state index in [0.717, 1.165) is 50.6 Å². The topological polar surface area (TPSA) is 30.7 Å². The molecule has 0 aliphatic carbocycles. The molecule has 0 unspecified atom stereocenters.